The van der Waals surface area contributed by atoms with Crippen molar-refractivity contribution in [2.75, 3.05) is 0 Å². The quantitative estimate of drug-likeness (QED) is 0.727. The van der Waals surface area contributed by atoms with Crippen LogP contribution in [-0.2, 0) is 4.79 Å². The van der Waals surface area contributed by atoms with Gasteiger partial charge in [0.05, 0.1) is 6.07 Å². The van der Waals surface area contributed by atoms with Crippen LogP contribution in [-0.4, -0.2) is 11.9 Å². The molecule has 0 aromatic carbocycles. The van der Waals surface area contributed by atoms with E-state index in [0.29, 0.717) is 0 Å². The van der Waals surface area contributed by atoms with Gasteiger partial charge in [-0.25, -0.2) is 0 Å². The Bertz CT molecular complexity index is 285. The Hall–Kier alpha value is -1.04. The van der Waals surface area contributed by atoms with Gasteiger partial charge in [0.15, 0.2) is 0 Å². The highest BCUT2D eigenvalue weighted by molar-refractivity contribution is 5.81. The minimum Gasteiger partial charge on any atom is -0.351 e. The second kappa shape index (κ2) is 2.98. The molecular formula is C11H18N2O. The molecule has 1 atom stereocenters. The smallest absolute Gasteiger partial charge is 0.237 e. The Balaban J connectivity index is 2.59. The molecule has 0 aromatic rings. The molecule has 0 aliphatic heterocycles. The van der Waals surface area contributed by atoms with E-state index in [9.17, 15) is 4.79 Å². The van der Waals surface area contributed by atoms with Gasteiger partial charge in [-0.2, -0.15) is 5.26 Å². The first-order chi connectivity index (χ1) is 6.25. The van der Waals surface area contributed by atoms with Crippen LogP contribution in [0.25, 0.3) is 0 Å². The Morgan fingerprint density at radius 2 is 1.79 bits per heavy atom. The summed E-state index contributed by atoms with van der Waals surface area (Å²) in [6.07, 6.45) is 0. The molecule has 0 spiro atoms. The van der Waals surface area contributed by atoms with Crippen molar-refractivity contribution in [2.24, 2.45) is 16.7 Å². The Morgan fingerprint density at radius 1 is 1.36 bits per heavy atom. The van der Waals surface area contributed by atoms with Crippen LogP contribution in [0.1, 0.15) is 34.6 Å². The van der Waals surface area contributed by atoms with Gasteiger partial charge in [0.25, 0.3) is 0 Å². The summed E-state index contributed by atoms with van der Waals surface area (Å²) in [5, 5.41) is 11.5. The summed E-state index contributed by atoms with van der Waals surface area (Å²) in [4.78, 5) is 11.5. The lowest BCUT2D eigenvalue weighted by Gasteiger charge is -2.07. The standard InChI is InChI=1S/C11H18N2O/c1-7(6-12)8(14)13-9-10(2,3)11(9,4)5/h7,9H,1-5H3,(H,13,14). The number of nitrogens with zero attached hydrogens (tertiary/aromatic N) is 1. The predicted molar refractivity (Wildman–Crippen MR) is 54.3 cm³/mol. The van der Waals surface area contributed by atoms with Crippen molar-refractivity contribution in [3.63, 3.8) is 0 Å². The number of amides is 1. The SMILES string of the molecule is CC(C#N)C(=O)NC1C(C)(C)C1(C)C. The average molecular weight is 194 g/mol. The molecule has 1 rings (SSSR count). The third-order valence-corrected chi connectivity index (χ3v) is 3.89. The van der Waals surface area contributed by atoms with Crippen LogP contribution >= 0.6 is 0 Å². The summed E-state index contributed by atoms with van der Waals surface area (Å²) in [7, 11) is 0. The van der Waals surface area contributed by atoms with Crippen LogP contribution < -0.4 is 5.32 Å². The molecule has 78 valence electrons. The van der Waals surface area contributed by atoms with Gasteiger partial charge in [-0.3, -0.25) is 4.79 Å². The monoisotopic (exact) mass is 194 g/mol. The third-order valence-electron chi connectivity index (χ3n) is 3.89. The van der Waals surface area contributed by atoms with E-state index in [1.54, 1.807) is 6.92 Å². The number of hydrogen-bond acceptors (Lipinski definition) is 2. The van der Waals surface area contributed by atoms with Gasteiger partial charge in [-0.15, -0.1) is 0 Å². The zero-order valence-electron chi connectivity index (χ0n) is 9.51. The fraction of sp³-hybridized carbons (Fsp3) is 0.818. The summed E-state index contributed by atoms with van der Waals surface area (Å²) in [5.74, 6) is -0.710. The molecule has 1 fully saturated rings. The molecule has 0 heterocycles. The maximum Gasteiger partial charge on any atom is 0.237 e. The first kappa shape index (κ1) is 11.0. The molecule has 1 aliphatic carbocycles. The van der Waals surface area contributed by atoms with Gasteiger partial charge in [-0.05, 0) is 17.8 Å². The van der Waals surface area contributed by atoms with Gasteiger partial charge >= 0.3 is 0 Å². The van der Waals surface area contributed by atoms with Crippen molar-refractivity contribution in [1.82, 2.24) is 5.32 Å². The van der Waals surface area contributed by atoms with E-state index in [2.05, 4.69) is 33.0 Å². The lowest BCUT2D eigenvalue weighted by atomic mass is 10.0. The average Bonchev–Trinajstić information content (AvgIpc) is 2.46. The van der Waals surface area contributed by atoms with E-state index < -0.39 is 5.92 Å². The Kier molecular flexibility index (Phi) is 2.35. The van der Waals surface area contributed by atoms with E-state index in [1.807, 2.05) is 6.07 Å². The maximum atomic E-state index is 11.5. The Morgan fingerprint density at radius 3 is 2.07 bits per heavy atom. The molecule has 1 N–H and O–H groups in total. The van der Waals surface area contributed by atoms with Crippen LogP contribution in [0.2, 0.25) is 0 Å². The number of nitriles is 1. The van der Waals surface area contributed by atoms with Crippen molar-refractivity contribution in [1.29, 1.82) is 5.26 Å². The summed E-state index contributed by atoms with van der Waals surface area (Å²) in [6.45, 7) is 10.2. The molecule has 1 unspecified atom stereocenters. The highest BCUT2D eigenvalue weighted by Gasteiger charge is 2.65. The first-order valence-electron chi connectivity index (χ1n) is 4.95. The number of rotatable bonds is 2. The minimum atomic E-state index is -0.554. The van der Waals surface area contributed by atoms with Gasteiger partial charge in [-0.1, -0.05) is 27.7 Å². The van der Waals surface area contributed by atoms with Gasteiger partial charge < -0.3 is 5.32 Å². The summed E-state index contributed by atoms with van der Waals surface area (Å²) in [6, 6.07) is 2.13. The molecule has 0 bridgehead atoms. The lowest BCUT2D eigenvalue weighted by Crippen LogP contribution is -2.33. The van der Waals surface area contributed by atoms with E-state index in [0.717, 1.165) is 0 Å². The molecule has 3 heteroatoms. The fourth-order valence-corrected chi connectivity index (χ4v) is 1.88. The summed E-state index contributed by atoms with van der Waals surface area (Å²) in [5.41, 5.74) is 0.273. The second-order valence-corrected chi connectivity index (χ2v) is 5.24. The van der Waals surface area contributed by atoms with Gasteiger partial charge in [0.2, 0.25) is 5.91 Å². The molecule has 1 amide bonds. The van der Waals surface area contributed by atoms with E-state index in [4.69, 9.17) is 5.26 Å². The topological polar surface area (TPSA) is 52.9 Å². The zero-order chi connectivity index (χ0) is 11.1. The molecule has 0 saturated heterocycles. The van der Waals surface area contributed by atoms with Crippen molar-refractivity contribution in [3.05, 3.63) is 0 Å². The van der Waals surface area contributed by atoms with E-state index in [-0.39, 0.29) is 22.8 Å². The molecule has 0 radical (unpaired) electrons. The molecule has 1 aliphatic rings. The normalized spacial score (nSPS) is 24.9. The van der Waals surface area contributed by atoms with Crippen LogP contribution in [0, 0.1) is 28.1 Å². The largest absolute Gasteiger partial charge is 0.351 e. The number of carbonyl (C=O) groups is 1. The highest BCUT2D eigenvalue weighted by Crippen LogP contribution is 2.62. The molecule has 14 heavy (non-hydrogen) atoms. The van der Waals surface area contributed by atoms with Crippen LogP contribution in [0.15, 0.2) is 0 Å². The highest BCUT2D eigenvalue weighted by atomic mass is 16.2. The van der Waals surface area contributed by atoms with Crippen LogP contribution in [0.4, 0.5) is 0 Å². The second-order valence-electron chi connectivity index (χ2n) is 5.24. The van der Waals surface area contributed by atoms with Crippen molar-refractivity contribution in [2.45, 2.75) is 40.7 Å². The van der Waals surface area contributed by atoms with Gasteiger partial charge in [0.1, 0.15) is 5.92 Å². The number of nitrogens with one attached hydrogen (secondary N) is 1. The third kappa shape index (κ3) is 1.39. The minimum absolute atomic E-state index is 0.137. The van der Waals surface area contributed by atoms with Crippen molar-refractivity contribution in [3.8, 4) is 6.07 Å². The first-order valence-corrected chi connectivity index (χ1v) is 4.95. The summed E-state index contributed by atoms with van der Waals surface area (Å²) >= 11 is 0. The lowest BCUT2D eigenvalue weighted by molar-refractivity contribution is -0.123. The number of hydrogen-bond donors (Lipinski definition) is 1. The van der Waals surface area contributed by atoms with E-state index in [1.165, 1.54) is 0 Å². The maximum absolute atomic E-state index is 11.5. The zero-order valence-corrected chi connectivity index (χ0v) is 9.51. The fourth-order valence-electron chi connectivity index (χ4n) is 1.88. The number of carbonyl (C=O) groups excluding carboxylic acids is 1. The Labute approximate surface area is 85.5 Å². The molecule has 1 saturated carbocycles. The predicted octanol–water partition coefficient (Wildman–Crippen LogP) is 1.70. The van der Waals surface area contributed by atoms with E-state index >= 15 is 0 Å². The molecular weight excluding hydrogens is 176 g/mol. The molecule has 3 nitrogen and oxygen atoms in total. The van der Waals surface area contributed by atoms with Crippen molar-refractivity contribution < 1.29 is 4.79 Å². The van der Waals surface area contributed by atoms with Crippen LogP contribution in [0.3, 0.4) is 0 Å². The van der Waals surface area contributed by atoms with Crippen LogP contribution in [0.5, 0.6) is 0 Å². The van der Waals surface area contributed by atoms with Gasteiger partial charge in [0, 0.05) is 6.04 Å². The molecule has 0 aromatic heterocycles. The summed E-state index contributed by atoms with van der Waals surface area (Å²) < 4.78 is 0. The van der Waals surface area contributed by atoms with Crippen molar-refractivity contribution >= 4 is 5.91 Å².